The van der Waals surface area contributed by atoms with Crippen LogP contribution in [0, 0.1) is 10.1 Å². The van der Waals surface area contributed by atoms with Gasteiger partial charge in [0.05, 0.1) is 10.3 Å². The number of halogens is 1. The predicted octanol–water partition coefficient (Wildman–Crippen LogP) is 1.86. The minimum absolute atomic E-state index is 0.00668. The predicted molar refractivity (Wildman–Crippen MR) is 105 cm³/mol. The highest BCUT2D eigenvalue weighted by atomic mass is 79.9. The van der Waals surface area contributed by atoms with Gasteiger partial charge in [0.15, 0.2) is 11.3 Å². The second-order valence-corrected chi connectivity index (χ2v) is 7.48. The number of amidine groups is 1. The number of carbonyl (C=O) groups excluding carboxylic acids is 1. The maximum atomic E-state index is 12.8. The Morgan fingerprint density at radius 3 is 2.67 bits per heavy atom. The van der Waals surface area contributed by atoms with Crippen molar-refractivity contribution in [2.75, 3.05) is 6.26 Å². The van der Waals surface area contributed by atoms with Gasteiger partial charge >= 0.3 is 0 Å². The molecule has 10 heteroatoms. The summed E-state index contributed by atoms with van der Waals surface area (Å²) in [6, 6.07) is 11.6. The quantitative estimate of drug-likeness (QED) is 0.561. The van der Waals surface area contributed by atoms with Gasteiger partial charge in [-0.25, -0.2) is 5.01 Å². The van der Waals surface area contributed by atoms with Crippen molar-refractivity contribution in [1.29, 1.82) is 0 Å². The number of nitrogens with one attached hydrogen (secondary N) is 1. The number of amides is 1. The van der Waals surface area contributed by atoms with Crippen LogP contribution in [0.2, 0.25) is 0 Å². The zero-order chi connectivity index (χ0) is 19.1. The van der Waals surface area contributed by atoms with Gasteiger partial charge < -0.3 is 0 Å². The Hall–Kier alpha value is -2.72. The first-order valence-electron chi connectivity index (χ1n) is 7.83. The molecule has 27 heavy (non-hydrogen) atoms. The van der Waals surface area contributed by atoms with E-state index in [1.54, 1.807) is 17.1 Å². The summed E-state index contributed by atoms with van der Waals surface area (Å²) in [7, 11) is 0. The van der Waals surface area contributed by atoms with Crippen LogP contribution in [0.25, 0.3) is 5.70 Å². The first-order chi connectivity index (χ1) is 13.0. The first-order valence-corrected chi connectivity index (χ1v) is 9.85. The van der Waals surface area contributed by atoms with E-state index in [1.165, 1.54) is 23.9 Å². The van der Waals surface area contributed by atoms with E-state index in [4.69, 9.17) is 4.99 Å². The van der Waals surface area contributed by atoms with Crippen molar-refractivity contribution in [2.45, 2.75) is 6.17 Å². The molecule has 0 fully saturated rings. The van der Waals surface area contributed by atoms with E-state index in [-0.39, 0.29) is 11.6 Å². The van der Waals surface area contributed by atoms with Gasteiger partial charge in [0, 0.05) is 21.8 Å². The van der Waals surface area contributed by atoms with Gasteiger partial charge in [-0.15, -0.1) is 5.10 Å². The molecule has 1 atom stereocenters. The lowest BCUT2D eigenvalue weighted by Gasteiger charge is -2.33. The minimum atomic E-state index is -0.595. The summed E-state index contributed by atoms with van der Waals surface area (Å²) in [4.78, 5) is 28.0. The molecule has 1 amide bonds. The summed E-state index contributed by atoms with van der Waals surface area (Å²) in [5.41, 5.74) is 1.08. The van der Waals surface area contributed by atoms with E-state index in [0.29, 0.717) is 27.0 Å². The molecule has 0 aromatic heterocycles. The summed E-state index contributed by atoms with van der Waals surface area (Å²) in [5, 5.41) is 21.6. The van der Waals surface area contributed by atoms with Gasteiger partial charge in [0.25, 0.3) is 11.6 Å². The molecule has 2 aliphatic rings. The lowest BCUT2D eigenvalue weighted by atomic mass is 10.1. The maximum absolute atomic E-state index is 12.8. The van der Waals surface area contributed by atoms with Crippen LogP contribution in [-0.4, -0.2) is 27.3 Å². The molecule has 1 N–H and O–H groups in total. The monoisotopic (exact) mass is 445 g/mol. The molecule has 8 nitrogen and oxygen atoms in total. The highest BCUT2D eigenvalue weighted by Gasteiger charge is 2.34. The van der Waals surface area contributed by atoms with Crippen molar-refractivity contribution in [3.8, 4) is 0 Å². The summed E-state index contributed by atoms with van der Waals surface area (Å²) in [5.74, 6) is -0.268. The number of hydrogen-bond donors (Lipinski definition) is 1. The van der Waals surface area contributed by atoms with Crippen LogP contribution in [0.5, 0.6) is 0 Å². The lowest BCUT2D eigenvalue weighted by Crippen LogP contribution is -2.50. The molecule has 0 aliphatic carbocycles. The van der Waals surface area contributed by atoms with Crippen molar-refractivity contribution >= 4 is 50.2 Å². The molecule has 0 spiro atoms. The van der Waals surface area contributed by atoms with E-state index < -0.39 is 11.1 Å². The van der Waals surface area contributed by atoms with Crippen LogP contribution in [-0.2, 0) is 4.79 Å². The molecule has 4 rings (SSSR count). The van der Waals surface area contributed by atoms with Crippen LogP contribution >= 0.6 is 27.7 Å². The highest BCUT2D eigenvalue weighted by molar-refractivity contribution is 9.10. The van der Waals surface area contributed by atoms with E-state index in [9.17, 15) is 14.9 Å². The minimum Gasteiger partial charge on any atom is -0.298 e. The van der Waals surface area contributed by atoms with Gasteiger partial charge in [-0.3, -0.25) is 25.2 Å². The number of nitro benzene ring substituents is 1. The SMILES string of the molecule is CSC1=NN2C(=c3cc(Br)ccc3=NC2c2ccc([N+](=O)[O-])cc2)C(=O)N1. The summed E-state index contributed by atoms with van der Waals surface area (Å²) in [6.07, 6.45) is 1.22. The van der Waals surface area contributed by atoms with Crippen molar-refractivity contribution in [2.24, 2.45) is 10.1 Å². The normalized spacial score (nSPS) is 18.1. The second kappa shape index (κ2) is 6.78. The fourth-order valence-corrected chi connectivity index (χ4v) is 3.65. The highest BCUT2D eigenvalue weighted by Crippen LogP contribution is 2.31. The summed E-state index contributed by atoms with van der Waals surface area (Å²) < 4.78 is 0.824. The van der Waals surface area contributed by atoms with Gasteiger partial charge in [-0.2, -0.15) is 0 Å². The number of non-ortho nitro benzene ring substituents is 1. The van der Waals surface area contributed by atoms with Crippen LogP contribution in [0.1, 0.15) is 11.7 Å². The van der Waals surface area contributed by atoms with E-state index in [1.807, 2.05) is 24.5 Å². The third-order valence-electron chi connectivity index (χ3n) is 4.17. The number of hydrazone groups is 1. The molecule has 1 unspecified atom stereocenters. The molecule has 2 aliphatic heterocycles. The Morgan fingerprint density at radius 2 is 2.00 bits per heavy atom. The number of benzene rings is 2. The average Bonchev–Trinajstić information content (AvgIpc) is 2.67. The van der Waals surface area contributed by atoms with Crippen molar-refractivity contribution in [1.82, 2.24) is 10.3 Å². The van der Waals surface area contributed by atoms with Crippen LogP contribution in [0.3, 0.4) is 0 Å². The summed E-state index contributed by atoms with van der Waals surface area (Å²) in [6.45, 7) is 0. The fraction of sp³-hybridized carbons (Fsp3) is 0.118. The standard InChI is InChI=1S/C17H12BrN5O3S/c1-27-17-20-16(24)14-12-8-10(18)4-7-13(12)19-15(22(14)21-17)9-2-5-11(6-3-9)23(25)26/h2-8,15H,1H3,(H,20,21,24). The van der Waals surface area contributed by atoms with E-state index in [0.717, 1.165) is 4.47 Å². The van der Waals surface area contributed by atoms with E-state index >= 15 is 0 Å². The topological polar surface area (TPSA) is 100 Å². The zero-order valence-corrected chi connectivity index (χ0v) is 16.3. The Kier molecular flexibility index (Phi) is 4.44. The number of nitro groups is 1. The van der Waals surface area contributed by atoms with Crippen LogP contribution < -0.4 is 15.9 Å². The molecule has 0 saturated heterocycles. The molecule has 2 aromatic carbocycles. The van der Waals surface area contributed by atoms with Crippen molar-refractivity contribution < 1.29 is 9.72 Å². The molecular weight excluding hydrogens is 434 g/mol. The van der Waals surface area contributed by atoms with Gasteiger partial charge in [-0.1, -0.05) is 27.7 Å². The fourth-order valence-electron chi connectivity index (χ4n) is 2.93. The summed E-state index contributed by atoms with van der Waals surface area (Å²) >= 11 is 4.74. The number of hydrogen-bond acceptors (Lipinski definition) is 7. The average molecular weight is 446 g/mol. The molecule has 0 bridgehead atoms. The lowest BCUT2D eigenvalue weighted by molar-refractivity contribution is -0.384. The number of carbonyl (C=O) groups is 1. The van der Waals surface area contributed by atoms with Gasteiger partial charge in [-0.05, 0) is 42.2 Å². The van der Waals surface area contributed by atoms with Crippen molar-refractivity contribution in [3.63, 3.8) is 0 Å². The smallest absolute Gasteiger partial charge is 0.276 e. The molecule has 136 valence electrons. The molecule has 2 heterocycles. The second-order valence-electron chi connectivity index (χ2n) is 5.77. The van der Waals surface area contributed by atoms with Crippen LogP contribution in [0.4, 0.5) is 5.69 Å². The molecular formula is C17H12BrN5O3S. The largest absolute Gasteiger partial charge is 0.298 e. The number of nitrogens with zero attached hydrogens (tertiary/aromatic N) is 4. The number of thioether (sulfide) groups is 1. The molecule has 0 radical (unpaired) electrons. The number of rotatable bonds is 2. The molecule has 2 aromatic rings. The Morgan fingerprint density at radius 1 is 1.26 bits per heavy atom. The first kappa shape index (κ1) is 17.7. The third kappa shape index (κ3) is 3.10. The zero-order valence-electron chi connectivity index (χ0n) is 13.9. The Bertz CT molecular complexity index is 1120. The Labute approximate surface area is 165 Å². The van der Waals surface area contributed by atoms with Crippen molar-refractivity contribution in [3.05, 3.63) is 73.2 Å². The van der Waals surface area contributed by atoms with Gasteiger partial charge in [0.1, 0.15) is 5.70 Å². The van der Waals surface area contributed by atoms with Crippen LogP contribution in [0.15, 0.2) is 57.0 Å². The third-order valence-corrected chi connectivity index (χ3v) is 5.23. The maximum Gasteiger partial charge on any atom is 0.276 e. The number of fused-ring (bicyclic) bond motifs is 2. The van der Waals surface area contributed by atoms with E-state index in [2.05, 4.69) is 26.3 Å². The Balaban J connectivity index is 1.93. The molecule has 0 saturated carbocycles. The van der Waals surface area contributed by atoms with Gasteiger partial charge in [0.2, 0.25) is 0 Å².